The molecule has 0 fully saturated rings. The number of benzene rings is 1. The van der Waals surface area contributed by atoms with Gasteiger partial charge >= 0.3 is 0 Å². The van der Waals surface area contributed by atoms with E-state index in [2.05, 4.69) is 0 Å². The van der Waals surface area contributed by atoms with Gasteiger partial charge in [0, 0.05) is 17.1 Å². The van der Waals surface area contributed by atoms with E-state index in [9.17, 15) is 8.78 Å². The smallest absolute Gasteiger partial charge is 0.246 e. The molecular weight excluding hydrogens is 224 g/mol. The lowest BCUT2D eigenvalue weighted by Crippen LogP contribution is -2.20. The van der Waals surface area contributed by atoms with Crippen molar-refractivity contribution in [3.63, 3.8) is 0 Å². The van der Waals surface area contributed by atoms with Gasteiger partial charge in [-0.05, 0) is 12.1 Å². The maximum absolute atomic E-state index is 12.6. The first-order chi connectivity index (χ1) is 7.10. The van der Waals surface area contributed by atoms with E-state index in [0.29, 0.717) is 16.3 Å². The summed E-state index contributed by atoms with van der Waals surface area (Å²) in [4.78, 5) is 0. The van der Waals surface area contributed by atoms with Crippen LogP contribution in [0.4, 0.5) is 8.78 Å². The van der Waals surface area contributed by atoms with Gasteiger partial charge in [0.25, 0.3) is 0 Å². The lowest BCUT2D eigenvalue weighted by Gasteiger charge is -2.17. The van der Waals surface area contributed by atoms with Crippen LogP contribution in [0.3, 0.4) is 0 Å². The van der Waals surface area contributed by atoms with Crippen molar-refractivity contribution in [3.8, 4) is 5.75 Å². The van der Waals surface area contributed by atoms with Crippen LogP contribution in [0.2, 0.25) is 5.02 Å². The number of ether oxygens (including phenoxy) is 1. The normalized spacial score (nSPS) is 12.9. The molecule has 1 aromatic carbocycles. The van der Waals surface area contributed by atoms with Gasteiger partial charge in [-0.1, -0.05) is 17.7 Å². The van der Waals surface area contributed by atoms with E-state index in [1.807, 2.05) is 0 Å². The average molecular weight is 236 g/mol. The molecule has 0 spiro atoms. The molecule has 1 aromatic rings. The van der Waals surface area contributed by atoms with Crippen molar-refractivity contribution in [1.82, 2.24) is 0 Å². The zero-order valence-electron chi connectivity index (χ0n) is 8.21. The molecule has 0 saturated heterocycles. The van der Waals surface area contributed by atoms with Gasteiger partial charge in [-0.15, -0.1) is 0 Å². The molecule has 0 aliphatic heterocycles. The van der Waals surface area contributed by atoms with E-state index in [1.165, 1.54) is 19.2 Å². The second-order valence-electron chi connectivity index (χ2n) is 3.06. The molecule has 0 aliphatic carbocycles. The van der Waals surface area contributed by atoms with Gasteiger partial charge in [0.15, 0.2) is 0 Å². The van der Waals surface area contributed by atoms with Crippen LogP contribution >= 0.6 is 11.6 Å². The Balaban J connectivity index is 3.11. The summed E-state index contributed by atoms with van der Waals surface area (Å²) in [6, 6.07) is 4.57. The predicted octanol–water partition coefficient (Wildman–Crippen LogP) is 2.66. The Morgan fingerprint density at radius 2 is 2.13 bits per heavy atom. The van der Waals surface area contributed by atoms with Crippen LogP contribution in [-0.4, -0.2) is 20.1 Å². The molecule has 0 radical (unpaired) electrons. The Morgan fingerprint density at radius 1 is 1.47 bits per heavy atom. The van der Waals surface area contributed by atoms with Gasteiger partial charge in [-0.25, -0.2) is 8.78 Å². The average Bonchev–Trinajstić information content (AvgIpc) is 2.20. The number of rotatable bonds is 4. The highest BCUT2D eigenvalue weighted by molar-refractivity contribution is 6.30. The Morgan fingerprint density at radius 3 is 2.60 bits per heavy atom. The third-order valence-electron chi connectivity index (χ3n) is 2.15. The van der Waals surface area contributed by atoms with Crippen LogP contribution < -0.4 is 10.5 Å². The zero-order valence-corrected chi connectivity index (χ0v) is 8.97. The summed E-state index contributed by atoms with van der Waals surface area (Å²) in [5.41, 5.74) is 5.69. The molecular formula is C10H12ClF2NO. The second kappa shape index (κ2) is 5.28. The minimum atomic E-state index is -2.51. The van der Waals surface area contributed by atoms with Crippen molar-refractivity contribution < 1.29 is 13.5 Å². The van der Waals surface area contributed by atoms with Crippen LogP contribution in [0.1, 0.15) is 11.5 Å². The summed E-state index contributed by atoms with van der Waals surface area (Å²) in [5.74, 6) is -0.671. The number of halogens is 3. The Bertz CT molecular complexity index is 333. The Hall–Kier alpha value is -0.870. The molecule has 0 amide bonds. The maximum atomic E-state index is 12.6. The van der Waals surface area contributed by atoms with Crippen molar-refractivity contribution >= 4 is 11.6 Å². The number of hydrogen-bond acceptors (Lipinski definition) is 2. The number of methoxy groups -OCH3 is 1. The first-order valence-electron chi connectivity index (χ1n) is 4.41. The Kier molecular flexibility index (Phi) is 4.29. The van der Waals surface area contributed by atoms with Crippen molar-refractivity contribution in [1.29, 1.82) is 0 Å². The van der Waals surface area contributed by atoms with Gasteiger partial charge in [0.1, 0.15) is 5.75 Å². The molecule has 2 N–H and O–H groups in total. The van der Waals surface area contributed by atoms with E-state index in [1.54, 1.807) is 6.07 Å². The van der Waals surface area contributed by atoms with Crippen molar-refractivity contribution in [3.05, 3.63) is 28.8 Å². The molecule has 5 heteroatoms. The van der Waals surface area contributed by atoms with Gasteiger partial charge in [0.05, 0.1) is 13.0 Å². The molecule has 0 saturated carbocycles. The van der Waals surface area contributed by atoms with Gasteiger partial charge in [-0.2, -0.15) is 0 Å². The van der Waals surface area contributed by atoms with Gasteiger partial charge < -0.3 is 10.5 Å². The van der Waals surface area contributed by atoms with Crippen molar-refractivity contribution in [2.45, 2.75) is 12.3 Å². The predicted molar refractivity (Wildman–Crippen MR) is 55.8 cm³/mol. The SMILES string of the molecule is COc1cc(Cl)ccc1C(CN)C(F)F. The molecule has 1 unspecified atom stereocenters. The van der Waals surface area contributed by atoms with Crippen LogP contribution in [0.5, 0.6) is 5.75 Å². The van der Waals surface area contributed by atoms with Crippen LogP contribution in [0, 0.1) is 0 Å². The highest BCUT2D eigenvalue weighted by Gasteiger charge is 2.24. The molecule has 0 aliphatic rings. The van der Waals surface area contributed by atoms with E-state index < -0.39 is 12.3 Å². The van der Waals surface area contributed by atoms with Gasteiger partial charge in [-0.3, -0.25) is 0 Å². The molecule has 0 heterocycles. The third kappa shape index (κ3) is 2.79. The summed E-state index contributed by atoms with van der Waals surface area (Å²) in [6.45, 7) is -0.129. The maximum Gasteiger partial charge on any atom is 0.246 e. The van der Waals surface area contributed by atoms with E-state index in [-0.39, 0.29) is 6.54 Å². The molecule has 1 atom stereocenters. The molecule has 84 valence electrons. The van der Waals surface area contributed by atoms with Crippen LogP contribution in [0.25, 0.3) is 0 Å². The third-order valence-corrected chi connectivity index (χ3v) is 2.39. The minimum Gasteiger partial charge on any atom is -0.496 e. The van der Waals surface area contributed by atoms with Crippen LogP contribution in [-0.2, 0) is 0 Å². The molecule has 15 heavy (non-hydrogen) atoms. The Labute approximate surface area is 92.0 Å². The topological polar surface area (TPSA) is 35.2 Å². The summed E-state index contributed by atoms with van der Waals surface area (Å²) in [6.07, 6.45) is -2.51. The second-order valence-corrected chi connectivity index (χ2v) is 3.50. The summed E-state index contributed by atoms with van der Waals surface area (Å²) in [7, 11) is 1.41. The van der Waals surface area contributed by atoms with E-state index >= 15 is 0 Å². The van der Waals surface area contributed by atoms with Crippen molar-refractivity contribution in [2.24, 2.45) is 5.73 Å². The molecule has 2 nitrogen and oxygen atoms in total. The number of alkyl halides is 2. The van der Waals surface area contributed by atoms with E-state index in [4.69, 9.17) is 22.1 Å². The van der Waals surface area contributed by atoms with Crippen molar-refractivity contribution in [2.75, 3.05) is 13.7 Å². The molecule has 0 aromatic heterocycles. The summed E-state index contributed by atoms with van der Waals surface area (Å²) in [5, 5.41) is 0.445. The first kappa shape index (κ1) is 12.2. The highest BCUT2D eigenvalue weighted by atomic mass is 35.5. The largest absolute Gasteiger partial charge is 0.496 e. The lowest BCUT2D eigenvalue weighted by atomic mass is 9.99. The fourth-order valence-corrected chi connectivity index (χ4v) is 1.52. The monoisotopic (exact) mass is 235 g/mol. The van der Waals surface area contributed by atoms with Crippen LogP contribution in [0.15, 0.2) is 18.2 Å². The summed E-state index contributed by atoms with van der Waals surface area (Å²) < 4.78 is 30.3. The minimum absolute atomic E-state index is 0.129. The first-order valence-corrected chi connectivity index (χ1v) is 4.79. The molecule has 0 bridgehead atoms. The van der Waals surface area contributed by atoms with E-state index in [0.717, 1.165) is 0 Å². The quantitative estimate of drug-likeness (QED) is 0.871. The summed E-state index contributed by atoms with van der Waals surface area (Å²) >= 11 is 5.72. The van der Waals surface area contributed by atoms with Gasteiger partial charge in [0.2, 0.25) is 6.43 Å². The standard InChI is InChI=1S/C10H12ClF2NO/c1-15-9-4-6(11)2-3-7(9)8(5-14)10(12)13/h2-4,8,10H,5,14H2,1H3. The highest BCUT2D eigenvalue weighted by Crippen LogP contribution is 2.32. The number of hydrogen-bond donors (Lipinski definition) is 1. The number of nitrogens with two attached hydrogens (primary N) is 1. The fourth-order valence-electron chi connectivity index (χ4n) is 1.36. The zero-order chi connectivity index (χ0) is 11.4. The fraction of sp³-hybridized carbons (Fsp3) is 0.400. The molecule has 1 rings (SSSR count). The lowest BCUT2D eigenvalue weighted by molar-refractivity contribution is 0.116.